The van der Waals surface area contributed by atoms with Crippen molar-refractivity contribution in [2.24, 2.45) is 5.73 Å². The Labute approximate surface area is 76.2 Å². The molecule has 0 fully saturated rings. The first-order valence-corrected chi connectivity index (χ1v) is 3.94. The van der Waals surface area contributed by atoms with Crippen LogP contribution in [0.15, 0.2) is 6.33 Å². The van der Waals surface area contributed by atoms with Gasteiger partial charge in [0, 0.05) is 0 Å². The van der Waals surface area contributed by atoms with Crippen molar-refractivity contribution in [2.45, 2.75) is 19.8 Å². The van der Waals surface area contributed by atoms with Gasteiger partial charge in [-0.2, -0.15) is 0 Å². The molecule has 70 valence electrons. The van der Waals surface area contributed by atoms with Crippen molar-refractivity contribution >= 4 is 11.7 Å². The van der Waals surface area contributed by atoms with Crippen LogP contribution in [-0.2, 0) is 0 Å². The third-order valence-corrected chi connectivity index (χ3v) is 1.70. The highest BCUT2D eigenvalue weighted by Crippen LogP contribution is 2.19. The Balaban J connectivity index is 3.34. The van der Waals surface area contributed by atoms with Crippen LogP contribution in [0.3, 0.4) is 0 Å². The van der Waals surface area contributed by atoms with Gasteiger partial charge in [-0.3, -0.25) is 4.79 Å². The molecular weight excluding hydrogens is 168 g/mol. The Morgan fingerprint density at radius 2 is 2.08 bits per heavy atom. The molecule has 0 aliphatic heterocycles. The number of carbonyl (C=O) groups excluding carboxylic acids is 1. The number of nitrogen functional groups attached to an aromatic ring is 1. The van der Waals surface area contributed by atoms with Crippen LogP contribution in [-0.4, -0.2) is 15.9 Å². The summed E-state index contributed by atoms with van der Waals surface area (Å²) in [4.78, 5) is 18.7. The third-order valence-electron chi connectivity index (χ3n) is 1.70. The summed E-state index contributed by atoms with van der Waals surface area (Å²) < 4.78 is 0. The van der Waals surface area contributed by atoms with Gasteiger partial charge in [-0.1, -0.05) is 13.8 Å². The molecule has 0 saturated heterocycles. The van der Waals surface area contributed by atoms with Gasteiger partial charge < -0.3 is 11.5 Å². The van der Waals surface area contributed by atoms with Gasteiger partial charge in [-0.05, 0) is 5.92 Å². The second-order valence-corrected chi connectivity index (χ2v) is 3.04. The highest BCUT2D eigenvalue weighted by Gasteiger charge is 2.16. The van der Waals surface area contributed by atoms with Gasteiger partial charge in [0.05, 0.1) is 5.69 Å². The lowest BCUT2D eigenvalue weighted by Crippen LogP contribution is -2.18. The third kappa shape index (κ3) is 1.74. The van der Waals surface area contributed by atoms with Crippen molar-refractivity contribution in [3.05, 3.63) is 17.6 Å². The molecule has 1 heterocycles. The summed E-state index contributed by atoms with van der Waals surface area (Å²) in [6.07, 6.45) is 1.33. The highest BCUT2D eigenvalue weighted by atomic mass is 16.1. The van der Waals surface area contributed by atoms with Gasteiger partial charge in [-0.15, -0.1) is 0 Å². The lowest BCUT2D eigenvalue weighted by molar-refractivity contribution is 0.0999. The van der Waals surface area contributed by atoms with Crippen LogP contribution in [0.25, 0.3) is 0 Å². The fourth-order valence-corrected chi connectivity index (χ4v) is 1.10. The molecule has 0 spiro atoms. The van der Waals surface area contributed by atoms with Gasteiger partial charge in [0.2, 0.25) is 0 Å². The second-order valence-electron chi connectivity index (χ2n) is 3.04. The van der Waals surface area contributed by atoms with Crippen LogP contribution >= 0.6 is 0 Å². The smallest absolute Gasteiger partial charge is 0.254 e. The summed E-state index contributed by atoms with van der Waals surface area (Å²) in [6, 6.07) is 0. The fourth-order valence-electron chi connectivity index (χ4n) is 1.10. The monoisotopic (exact) mass is 180 g/mol. The summed E-state index contributed by atoms with van der Waals surface area (Å²) in [6.45, 7) is 3.82. The molecule has 1 aromatic heterocycles. The highest BCUT2D eigenvalue weighted by molar-refractivity contribution is 5.98. The van der Waals surface area contributed by atoms with Gasteiger partial charge in [-0.25, -0.2) is 9.97 Å². The van der Waals surface area contributed by atoms with Crippen molar-refractivity contribution in [1.29, 1.82) is 0 Å². The van der Waals surface area contributed by atoms with Crippen molar-refractivity contribution < 1.29 is 4.79 Å². The minimum atomic E-state index is -0.582. The van der Waals surface area contributed by atoms with Crippen molar-refractivity contribution in [1.82, 2.24) is 9.97 Å². The number of primary amides is 1. The number of hydrogen-bond donors (Lipinski definition) is 2. The first kappa shape index (κ1) is 9.44. The maximum Gasteiger partial charge on any atom is 0.254 e. The predicted molar refractivity (Wildman–Crippen MR) is 49.1 cm³/mol. The zero-order valence-electron chi connectivity index (χ0n) is 7.61. The SMILES string of the molecule is CC(C)c1ncnc(N)c1C(N)=O. The van der Waals surface area contributed by atoms with E-state index in [1.165, 1.54) is 6.33 Å². The van der Waals surface area contributed by atoms with Crippen molar-refractivity contribution in [2.75, 3.05) is 5.73 Å². The minimum Gasteiger partial charge on any atom is -0.383 e. The van der Waals surface area contributed by atoms with Gasteiger partial charge >= 0.3 is 0 Å². The van der Waals surface area contributed by atoms with E-state index >= 15 is 0 Å². The molecule has 13 heavy (non-hydrogen) atoms. The first-order valence-electron chi connectivity index (χ1n) is 3.94. The molecule has 0 atom stereocenters. The Hall–Kier alpha value is -1.65. The number of rotatable bonds is 2. The number of nitrogens with zero attached hydrogens (tertiary/aromatic N) is 2. The van der Waals surface area contributed by atoms with Crippen LogP contribution in [0.4, 0.5) is 5.82 Å². The average molecular weight is 180 g/mol. The van der Waals surface area contributed by atoms with Crippen LogP contribution in [0.2, 0.25) is 0 Å². The normalized spacial score (nSPS) is 10.4. The summed E-state index contributed by atoms with van der Waals surface area (Å²) in [5.41, 5.74) is 11.5. The molecular formula is C8H12N4O. The quantitative estimate of drug-likeness (QED) is 0.683. The molecule has 0 radical (unpaired) electrons. The van der Waals surface area contributed by atoms with Crippen LogP contribution in [0.1, 0.15) is 35.8 Å². The van der Waals surface area contributed by atoms with Crippen LogP contribution < -0.4 is 11.5 Å². The Morgan fingerprint density at radius 1 is 1.46 bits per heavy atom. The standard InChI is InChI=1S/C8H12N4O/c1-4(2)6-5(8(10)13)7(9)12-3-11-6/h3-4H,1-2H3,(H2,10,13)(H2,9,11,12). The van der Waals surface area contributed by atoms with Crippen molar-refractivity contribution in [3.8, 4) is 0 Å². The number of nitrogens with two attached hydrogens (primary N) is 2. The van der Waals surface area contributed by atoms with E-state index in [-0.39, 0.29) is 17.3 Å². The molecule has 0 saturated carbocycles. The second kappa shape index (κ2) is 3.38. The summed E-state index contributed by atoms with van der Waals surface area (Å²) in [5, 5.41) is 0. The number of anilines is 1. The van der Waals surface area contributed by atoms with E-state index in [9.17, 15) is 4.79 Å². The molecule has 0 unspecified atom stereocenters. The molecule has 4 N–H and O–H groups in total. The number of hydrogen-bond acceptors (Lipinski definition) is 4. The summed E-state index contributed by atoms with van der Waals surface area (Å²) in [5.74, 6) is -0.333. The lowest BCUT2D eigenvalue weighted by Gasteiger charge is -2.09. The number of aromatic nitrogens is 2. The Kier molecular flexibility index (Phi) is 2.46. The molecule has 0 bridgehead atoms. The molecule has 1 amide bonds. The van der Waals surface area contributed by atoms with E-state index in [0.29, 0.717) is 5.69 Å². The molecule has 1 aromatic rings. The molecule has 5 heteroatoms. The minimum absolute atomic E-state index is 0.104. The van der Waals surface area contributed by atoms with Gasteiger partial charge in [0.25, 0.3) is 5.91 Å². The predicted octanol–water partition coefficient (Wildman–Crippen LogP) is 0.281. The topological polar surface area (TPSA) is 94.9 Å². The maximum absolute atomic E-state index is 11.0. The maximum atomic E-state index is 11.0. The fraction of sp³-hybridized carbons (Fsp3) is 0.375. The van der Waals surface area contributed by atoms with E-state index in [2.05, 4.69) is 9.97 Å². The number of amides is 1. The molecule has 1 rings (SSSR count). The Bertz CT molecular complexity index is 335. The molecule has 0 aliphatic carbocycles. The average Bonchev–Trinajstić information content (AvgIpc) is 2.02. The van der Waals surface area contributed by atoms with Crippen LogP contribution in [0, 0.1) is 0 Å². The van der Waals surface area contributed by atoms with Crippen LogP contribution in [0.5, 0.6) is 0 Å². The van der Waals surface area contributed by atoms with E-state index < -0.39 is 5.91 Å². The van der Waals surface area contributed by atoms with Crippen molar-refractivity contribution in [3.63, 3.8) is 0 Å². The molecule has 0 aromatic carbocycles. The van der Waals surface area contributed by atoms with Gasteiger partial charge in [0.1, 0.15) is 17.7 Å². The van der Waals surface area contributed by atoms with E-state index in [1.54, 1.807) is 0 Å². The summed E-state index contributed by atoms with van der Waals surface area (Å²) >= 11 is 0. The van der Waals surface area contributed by atoms with E-state index in [4.69, 9.17) is 11.5 Å². The number of carbonyl (C=O) groups is 1. The molecule has 5 nitrogen and oxygen atoms in total. The van der Waals surface area contributed by atoms with Gasteiger partial charge in [0.15, 0.2) is 0 Å². The Morgan fingerprint density at radius 3 is 2.46 bits per heavy atom. The van der Waals surface area contributed by atoms with E-state index in [1.807, 2.05) is 13.8 Å². The zero-order chi connectivity index (χ0) is 10.0. The first-order chi connectivity index (χ1) is 6.04. The molecule has 0 aliphatic rings. The zero-order valence-corrected chi connectivity index (χ0v) is 7.61. The largest absolute Gasteiger partial charge is 0.383 e. The van der Waals surface area contributed by atoms with E-state index in [0.717, 1.165) is 0 Å². The summed E-state index contributed by atoms with van der Waals surface area (Å²) in [7, 11) is 0. The lowest BCUT2D eigenvalue weighted by atomic mass is 10.0.